The Morgan fingerprint density at radius 3 is 2.60 bits per heavy atom. The van der Waals surface area contributed by atoms with Gasteiger partial charge in [0.1, 0.15) is 0 Å². The van der Waals surface area contributed by atoms with Crippen molar-refractivity contribution >= 4 is 22.6 Å². The minimum Gasteiger partial charge on any atom is -0.374 e. The van der Waals surface area contributed by atoms with E-state index in [1.165, 1.54) is 25.7 Å². The van der Waals surface area contributed by atoms with E-state index >= 15 is 0 Å². The molecule has 0 bridgehead atoms. The molecule has 0 N–H and O–H groups in total. The number of alkyl halides is 1. The molecule has 0 amide bonds. The van der Waals surface area contributed by atoms with Crippen molar-refractivity contribution < 1.29 is 4.74 Å². The highest BCUT2D eigenvalue weighted by Gasteiger charge is 2.17. The van der Waals surface area contributed by atoms with Crippen molar-refractivity contribution in [3.05, 3.63) is 0 Å². The molecule has 1 rings (SSSR count). The summed E-state index contributed by atoms with van der Waals surface area (Å²) in [7, 11) is 0. The number of hydrogen-bond acceptors (Lipinski definition) is 1. The summed E-state index contributed by atoms with van der Waals surface area (Å²) < 4.78 is 6.87. The minimum atomic E-state index is 0.462. The van der Waals surface area contributed by atoms with Gasteiger partial charge in [-0.05, 0) is 19.8 Å². The van der Waals surface area contributed by atoms with Gasteiger partial charge in [0.2, 0.25) is 0 Å². The zero-order valence-corrected chi connectivity index (χ0v) is 8.63. The van der Waals surface area contributed by atoms with E-state index in [-0.39, 0.29) is 0 Å². The van der Waals surface area contributed by atoms with Gasteiger partial charge in [0.05, 0.1) is 12.2 Å². The van der Waals surface area contributed by atoms with Crippen LogP contribution in [0.15, 0.2) is 0 Å². The monoisotopic (exact) mass is 254 g/mol. The van der Waals surface area contributed by atoms with E-state index in [0.717, 1.165) is 4.43 Å². The second kappa shape index (κ2) is 4.54. The highest BCUT2D eigenvalue weighted by Crippen LogP contribution is 2.22. The normalized spacial score (nSPS) is 23.4. The average Bonchev–Trinajstić information content (AvgIpc) is 2.40. The fourth-order valence-electron chi connectivity index (χ4n) is 1.39. The van der Waals surface area contributed by atoms with Crippen LogP contribution >= 0.6 is 22.6 Å². The SMILES string of the molecule is CC(CI)OC1CCCC1. The average molecular weight is 254 g/mol. The number of halogens is 1. The van der Waals surface area contributed by atoms with Crippen molar-refractivity contribution in [1.82, 2.24) is 0 Å². The lowest BCUT2D eigenvalue weighted by molar-refractivity contribution is 0.0166. The van der Waals surface area contributed by atoms with Crippen LogP contribution in [0.3, 0.4) is 0 Å². The molecule has 0 spiro atoms. The molecule has 0 aromatic carbocycles. The predicted octanol–water partition coefficient (Wildman–Crippen LogP) is 2.77. The van der Waals surface area contributed by atoms with Crippen LogP contribution in [-0.2, 0) is 4.74 Å². The van der Waals surface area contributed by atoms with Crippen molar-refractivity contribution in [2.24, 2.45) is 0 Å². The molecule has 0 radical (unpaired) electrons. The van der Waals surface area contributed by atoms with Gasteiger partial charge in [-0.25, -0.2) is 0 Å². The first-order valence-electron chi connectivity index (χ1n) is 4.04. The Bertz CT molecular complexity index is 89.3. The highest BCUT2D eigenvalue weighted by atomic mass is 127. The van der Waals surface area contributed by atoms with E-state index in [2.05, 4.69) is 29.5 Å². The van der Waals surface area contributed by atoms with Gasteiger partial charge in [-0.3, -0.25) is 0 Å². The number of rotatable bonds is 3. The van der Waals surface area contributed by atoms with Crippen molar-refractivity contribution in [3.8, 4) is 0 Å². The number of ether oxygens (including phenoxy) is 1. The first-order valence-corrected chi connectivity index (χ1v) is 5.57. The van der Waals surface area contributed by atoms with Crippen LogP contribution in [0, 0.1) is 0 Å². The third-order valence-electron chi connectivity index (χ3n) is 1.94. The van der Waals surface area contributed by atoms with Gasteiger partial charge in [0.25, 0.3) is 0 Å². The summed E-state index contributed by atoms with van der Waals surface area (Å²) in [5, 5.41) is 0. The fraction of sp³-hybridized carbons (Fsp3) is 1.00. The van der Waals surface area contributed by atoms with Crippen LogP contribution in [-0.4, -0.2) is 16.6 Å². The molecule has 1 aliphatic carbocycles. The molecule has 1 saturated carbocycles. The molecular weight excluding hydrogens is 239 g/mol. The molecule has 1 nitrogen and oxygen atoms in total. The molecule has 0 saturated heterocycles. The van der Waals surface area contributed by atoms with E-state index < -0.39 is 0 Å². The lowest BCUT2D eigenvalue weighted by atomic mass is 10.3. The second-order valence-corrected chi connectivity index (χ2v) is 3.89. The minimum absolute atomic E-state index is 0.462. The maximum absolute atomic E-state index is 5.75. The zero-order chi connectivity index (χ0) is 7.40. The zero-order valence-electron chi connectivity index (χ0n) is 6.48. The molecule has 0 aromatic heterocycles. The van der Waals surface area contributed by atoms with E-state index in [9.17, 15) is 0 Å². The summed E-state index contributed by atoms with van der Waals surface area (Å²) in [6, 6.07) is 0. The summed E-state index contributed by atoms with van der Waals surface area (Å²) in [6.45, 7) is 2.16. The van der Waals surface area contributed by atoms with E-state index in [4.69, 9.17) is 4.74 Å². The summed E-state index contributed by atoms with van der Waals surface area (Å²) in [5.41, 5.74) is 0. The van der Waals surface area contributed by atoms with Crippen LogP contribution in [0.1, 0.15) is 32.6 Å². The van der Waals surface area contributed by atoms with Crippen LogP contribution in [0.2, 0.25) is 0 Å². The molecule has 0 aromatic rings. The smallest absolute Gasteiger partial charge is 0.0640 e. The maximum Gasteiger partial charge on any atom is 0.0640 e. The molecule has 0 heterocycles. The molecule has 1 unspecified atom stereocenters. The highest BCUT2D eigenvalue weighted by molar-refractivity contribution is 14.1. The summed E-state index contributed by atoms with van der Waals surface area (Å²) in [4.78, 5) is 0. The van der Waals surface area contributed by atoms with Gasteiger partial charge in [-0.1, -0.05) is 35.4 Å². The topological polar surface area (TPSA) is 9.23 Å². The van der Waals surface area contributed by atoms with Gasteiger partial charge >= 0.3 is 0 Å². The Hall–Kier alpha value is 0.690. The maximum atomic E-state index is 5.75. The van der Waals surface area contributed by atoms with Gasteiger partial charge in [-0.2, -0.15) is 0 Å². The molecule has 10 heavy (non-hydrogen) atoms. The van der Waals surface area contributed by atoms with Gasteiger partial charge in [-0.15, -0.1) is 0 Å². The third-order valence-corrected chi connectivity index (χ3v) is 3.18. The van der Waals surface area contributed by atoms with E-state index in [1.54, 1.807) is 0 Å². The Labute approximate surface area is 76.7 Å². The van der Waals surface area contributed by atoms with E-state index in [0.29, 0.717) is 12.2 Å². The Balaban J connectivity index is 2.11. The Kier molecular flexibility index (Phi) is 3.99. The molecule has 1 atom stereocenters. The standard InChI is InChI=1S/C8H15IO/c1-7(6-9)10-8-4-2-3-5-8/h7-8H,2-6H2,1H3. The van der Waals surface area contributed by atoms with Crippen LogP contribution < -0.4 is 0 Å². The van der Waals surface area contributed by atoms with Crippen LogP contribution in [0.4, 0.5) is 0 Å². The summed E-state index contributed by atoms with van der Waals surface area (Å²) >= 11 is 2.37. The van der Waals surface area contributed by atoms with Crippen molar-refractivity contribution in [1.29, 1.82) is 0 Å². The molecule has 1 fully saturated rings. The first-order chi connectivity index (χ1) is 4.83. The lowest BCUT2D eigenvalue weighted by Gasteiger charge is -2.15. The molecule has 1 aliphatic rings. The van der Waals surface area contributed by atoms with Crippen molar-refractivity contribution in [2.45, 2.75) is 44.8 Å². The molecular formula is C8H15IO. The molecule has 60 valence electrons. The van der Waals surface area contributed by atoms with Gasteiger partial charge < -0.3 is 4.74 Å². The van der Waals surface area contributed by atoms with Gasteiger partial charge in [0, 0.05) is 4.43 Å². The van der Waals surface area contributed by atoms with Gasteiger partial charge in [0.15, 0.2) is 0 Å². The van der Waals surface area contributed by atoms with Crippen molar-refractivity contribution in [3.63, 3.8) is 0 Å². The first kappa shape index (κ1) is 8.78. The predicted molar refractivity (Wildman–Crippen MR) is 51.7 cm³/mol. The van der Waals surface area contributed by atoms with E-state index in [1.807, 2.05) is 0 Å². The molecule has 2 heteroatoms. The third kappa shape index (κ3) is 2.74. The Morgan fingerprint density at radius 1 is 1.50 bits per heavy atom. The quantitative estimate of drug-likeness (QED) is 0.555. The summed E-state index contributed by atoms with van der Waals surface area (Å²) in [5.74, 6) is 0. The lowest BCUT2D eigenvalue weighted by Crippen LogP contribution is -2.17. The fourth-order valence-corrected chi connectivity index (χ4v) is 1.60. The Morgan fingerprint density at radius 2 is 2.10 bits per heavy atom. The largest absolute Gasteiger partial charge is 0.374 e. The molecule has 0 aliphatic heterocycles. The second-order valence-electron chi connectivity index (χ2n) is 3.01. The van der Waals surface area contributed by atoms with Crippen LogP contribution in [0.5, 0.6) is 0 Å². The van der Waals surface area contributed by atoms with Crippen LogP contribution in [0.25, 0.3) is 0 Å². The number of hydrogen-bond donors (Lipinski definition) is 0. The summed E-state index contributed by atoms with van der Waals surface area (Å²) in [6.07, 6.45) is 6.38. The van der Waals surface area contributed by atoms with Crippen molar-refractivity contribution in [2.75, 3.05) is 4.43 Å².